The number of benzene rings is 2. The van der Waals surface area contributed by atoms with Crippen LogP contribution in [0.15, 0.2) is 124 Å². The molecule has 0 saturated carbocycles. The van der Waals surface area contributed by atoms with Crippen LogP contribution in [0.25, 0.3) is 11.1 Å². The van der Waals surface area contributed by atoms with Gasteiger partial charge in [0, 0.05) is 20.1 Å². The molecule has 0 aromatic heterocycles. The van der Waals surface area contributed by atoms with Gasteiger partial charge < -0.3 is 0 Å². The first-order chi connectivity index (χ1) is 23.8. The number of nitrogens with zero attached hydrogens (tertiary/aromatic N) is 4. The number of hydrogen-bond acceptors (Lipinski definition) is 6. The molecule has 0 unspecified atom stereocenters. The minimum absolute atomic E-state index is 0.0502. The Morgan fingerprint density at radius 3 is 1.17 bits per heavy atom. The monoisotopic (exact) mass is 850 g/mol. The highest BCUT2D eigenvalue weighted by molar-refractivity contribution is 9.11. The summed E-state index contributed by atoms with van der Waals surface area (Å²) in [5.74, 6) is -0.267. The number of alkyl halides is 6. The van der Waals surface area contributed by atoms with E-state index < -0.39 is 45.4 Å². The lowest BCUT2D eigenvalue weighted by molar-refractivity contribution is -0.139. The van der Waals surface area contributed by atoms with Crippen molar-refractivity contribution in [2.24, 2.45) is 31.3 Å². The van der Waals surface area contributed by atoms with E-state index >= 15 is 0 Å². The summed E-state index contributed by atoms with van der Waals surface area (Å²) in [5, 5.41) is 15.7. The van der Waals surface area contributed by atoms with E-state index in [9.17, 15) is 35.9 Å². The summed E-state index contributed by atoms with van der Waals surface area (Å²) in [7, 11) is 0. The SMILES string of the molecule is CC1=C/C(=C\N=N\c2cc(C(F)(F)F)c(-c3cc(Br)c(/N=N/C=C4\C=C(C)C(=O)C(C(C)(C)C)=C4)cc3C(F)(F)F)cc2Br)C=C(C(C)(C)C)C1=O. The summed E-state index contributed by atoms with van der Waals surface area (Å²) in [6.45, 7) is 14.5. The number of Topliss-reactive ketones (excluding diaryl/α,β-unsaturated/α-hetero) is 2. The average Bonchev–Trinajstić information content (AvgIpc) is 2.99. The number of azo groups is 2. The van der Waals surface area contributed by atoms with Crippen LogP contribution < -0.4 is 0 Å². The van der Waals surface area contributed by atoms with Crippen LogP contribution in [0, 0.1) is 10.8 Å². The van der Waals surface area contributed by atoms with E-state index in [2.05, 4.69) is 52.3 Å². The van der Waals surface area contributed by atoms with E-state index in [-0.39, 0.29) is 31.9 Å². The quantitative estimate of drug-likeness (QED) is 0.222. The molecule has 2 aromatic rings. The van der Waals surface area contributed by atoms with Gasteiger partial charge >= 0.3 is 12.4 Å². The zero-order valence-electron chi connectivity index (χ0n) is 29.4. The Labute approximate surface area is 314 Å². The first kappa shape index (κ1) is 40.7. The number of ketones is 2. The summed E-state index contributed by atoms with van der Waals surface area (Å²) < 4.78 is 86.8. The molecule has 0 fully saturated rings. The van der Waals surface area contributed by atoms with Crippen LogP contribution in [-0.4, -0.2) is 11.6 Å². The molecular formula is C38H34Br2F6N4O2. The first-order valence-electron chi connectivity index (χ1n) is 15.7. The second-order valence-corrected chi connectivity index (χ2v) is 16.0. The molecule has 0 aliphatic heterocycles. The van der Waals surface area contributed by atoms with Crippen LogP contribution >= 0.6 is 31.9 Å². The van der Waals surface area contributed by atoms with Crippen molar-refractivity contribution in [2.45, 2.75) is 67.7 Å². The van der Waals surface area contributed by atoms with Crippen molar-refractivity contribution in [1.29, 1.82) is 0 Å². The minimum atomic E-state index is -5.08. The number of rotatable bonds is 5. The Morgan fingerprint density at radius 2 is 0.885 bits per heavy atom. The maximum Gasteiger partial charge on any atom is 0.417 e. The second kappa shape index (κ2) is 14.8. The largest absolute Gasteiger partial charge is 0.417 e. The fraction of sp³-hybridized carbons (Fsp3) is 0.316. The molecule has 14 heteroatoms. The van der Waals surface area contributed by atoms with Gasteiger partial charge in [0.1, 0.15) is 11.4 Å². The summed E-state index contributed by atoms with van der Waals surface area (Å²) in [6.07, 6.45) is -1.21. The van der Waals surface area contributed by atoms with Gasteiger partial charge in [-0.05, 0) is 139 Å². The fourth-order valence-corrected chi connectivity index (χ4v) is 6.22. The van der Waals surface area contributed by atoms with Crippen LogP contribution in [0.3, 0.4) is 0 Å². The first-order valence-corrected chi connectivity index (χ1v) is 17.3. The maximum atomic E-state index is 14.5. The number of hydrogen-bond donors (Lipinski definition) is 0. The lowest BCUT2D eigenvalue weighted by Gasteiger charge is -2.24. The second-order valence-electron chi connectivity index (χ2n) is 14.3. The van der Waals surface area contributed by atoms with Crippen molar-refractivity contribution < 1.29 is 35.9 Å². The lowest BCUT2D eigenvalue weighted by Crippen LogP contribution is -2.21. The number of allylic oxidation sites excluding steroid dienone is 10. The van der Waals surface area contributed by atoms with Gasteiger partial charge in [-0.25, -0.2) is 0 Å². The summed E-state index contributed by atoms with van der Waals surface area (Å²) in [6, 6.07) is 3.04. The Morgan fingerprint density at radius 1 is 0.558 bits per heavy atom. The third kappa shape index (κ3) is 9.30. The summed E-state index contributed by atoms with van der Waals surface area (Å²) >= 11 is 6.31. The molecule has 4 rings (SSSR count). The van der Waals surface area contributed by atoms with Crippen molar-refractivity contribution >= 4 is 54.8 Å². The van der Waals surface area contributed by atoms with Crippen LogP contribution in [0.2, 0.25) is 0 Å². The molecule has 2 aliphatic rings. The van der Waals surface area contributed by atoms with Crippen molar-refractivity contribution in [3.05, 3.63) is 114 Å². The molecule has 0 N–H and O–H groups in total. The Bertz CT molecular complexity index is 1950. The molecule has 0 atom stereocenters. The molecule has 0 heterocycles. The molecule has 2 aliphatic carbocycles. The molecule has 2 aromatic carbocycles. The Kier molecular flexibility index (Phi) is 11.6. The molecule has 274 valence electrons. The zero-order valence-corrected chi connectivity index (χ0v) is 32.6. The third-order valence-corrected chi connectivity index (χ3v) is 9.30. The number of halogens is 8. The van der Waals surface area contributed by atoms with Gasteiger partial charge in [0.15, 0.2) is 11.6 Å². The van der Waals surface area contributed by atoms with E-state index in [0.717, 1.165) is 12.1 Å². The van der Waals surface area contributed by atoms with Crippen LogP contribution in [0.4, 0.5) is 37.7 Å². The highest BCUT2D eigenvalue weighted by Gasteiger charge is 2.40. The van der Waals surface area contributed by atoms with E-state index in [4.69, 9.17) is 0 Å². The van der Waals surface area contributed by atoms with Gasteiger partial charge in [-0.2, -0.15) is 36.6 Å². The van der Waals surface area contributed by atoms with Gasteiger partial charge in [0.05, 0.1) is 23.5 Å². The predicted molar refractivity (Wildman–Crippen MR) is 195 cm³/mol. The van der Waals surface area contributed by atoms with E-state index in [0.29, 0.717) is 45.6 Å². The van der Waals surface area contributed by atoms with Gasteiger partial charge in [0.2, 0.25) is 0 Å². The topological polar surface area (TPSA) is 83.6 Å². The van der Waals surface area contributed by atoms with Crippen molar-refractivity contribution in [3.8, 4) is 11.1 Å². The zero-order chi connectivity index (χ0) is 39.1. The molecule has 52 heavy (non-hydrogen) atoms. The van der Waals surface area contributed by atoms with Gasteiger partial charge in [0.25, 0.3) is 0 Å². The molecule has 6 nitrogen and oxygen atoms in total. The normalized spacial score (nSPS) is 18.1. The molecule has 0 radical (unpaired) electrons. The van der Waals surface area contributed by atoms with Gasteiger partial charge in [-0.15, -0.1) is 10.2 Å². The van der Waals surface area contributed by atoms with E-state index in [1.807, 2.05) is 41.5 Å². The summed E-state index contributed by atoms with van der Waals surface area (Å²) in [5.41, 5.74) is -2.86. The smallest absolute Gasteiger partial charge is 0.289 e. The van der Waals surface area contributed by atoms with Crippen LogP contribution in [0.5, 0.6) is 0 Å². The van der Waals surface area contributed by atoms with Crippen LogP contribution in [0.1, 0.15) is 66.5 Å². The maximum absolute atomic E-state index is 14.5. The lowest BCUT2D eigenvalue weighted by atomic mass is 9.78. The molecule has 0 bridgehead atoms. The fourth-order valence-electron chi connectivity index (χ4n) is 5.37. The molecule has 0 amide bonds. The standard InChI is InChI=1S/C38H34Br2F6N4O2/c1-19-9-21(11-27(33(19)51)35(3,4)5)17-47-49-31-15-25(37(41,42)43)23(13-29(31)39)24-14-30(40)32(16-26(24)38(44,45)46)50-48-18-22-10-20(2)34(52)28(12-22)36(6,7)8/h9-18H,1-8H3/b21-17+,22-18+,49-47+,50-48+. The molecule has 0 spiro atoms. The molecular weight excluding hydrogens is 818 g/mol. The molecule has 0 saturated heterocycles. The Hall–Kier alpha value is -4.04. The van der Waals surface area contributed by atoms with Crippen molar-refractivity contribution in [1.82, 2.24) is 0 Å². The van der Waals surface area contributed by atoms with Crippen LogP contribution in [-0.2, 0) is 21.9 Å². The van der Waals surface area contributed by atoms with Crippen molar-refractivity contribution in [3.63, 3.8) is 0 Å². The Balaban J connectivity index is 1.78. The average molecular weight is 853 g/mol. The van der Waals surface area contributed by atoms with E-state index in [1.54, 1.807) is 38.2 Å². The highest BCUT2D eigenvalue weighted by Crippen LogP contribution is 2.48. The summed E-state index contributed by atoms with van der Waals surface area (Å²) in [4.78, 5) is 25.2. The number of carbonyl (C=O) groups excluding carboxylic acids is 2. The van der Waals surface area contributed by atoms with E-state index in [1.165, 1.54) is 12.4 Å². The highest BCUT2D eigenvalue weighted by atomic mass is 79.9. The minimum Gasteiger partial charge on any atom is -0.289 e. The van der Waals surface area contributed by atoms with Crippen molar-refractivity contribution in [2.75, 3.05) is 0 Å². The third-order valence-electron chi connectivity index (χ3n) is 8.03. The van der Waals surface area contributed by atoms with Gasteiger partial charge in [-0.3, -0.25) is 9.59 Å². The number of carbonyl (C=O) groups is 2. The predicted octanol–water partition coefficient (Wildman–Crippen LogP) is 13.9. The van der Waals surface area contributed by atoms with Gasteiger partial charge in [-0.1, -0.05) is 41.5 Å².